The van der Waals surface area contributed by atoms with Crippen LogP contribution in [0.25, 0.3) is 11.0 Å². The van der Waals surface area contributed by atoms with Gasteiger partial charge in [0.15, 0.2) is 11.5 Å². The number of benzene rings is 3. The van der Waals surface area contributed by atoms with Gasteiger partial charge in [0.1, 0.15) is 11.6 Å². The molecule has 0 spiro atoms. The summed E-state index contributed by atoms with van der Waals surface area (Å²) < 4.78 is 24.2. The zero-order valence-electron chi connectivity index (χ0n) is 23.2. The predicted molar refractivity (Wildman–Crippen MR) is 157 cm³/mol. The molecule has 0 aliphatic heterocycles. The van der Waals surface area contributed by atoms with Crippen LogP contribution in [0.1, 0.15) is 41.9 Å². The van der Waals surface area contributed by atoms with Crippen molar-refractivity contribution in [3.8, 4) is 23.0 Å². The predicted octanol–water partition coefficient (Wildman–Crippen LogP) is 6.33. The van der Waals surface area contributed by atoms with E-state index in [1.807, 2.05) is 36.4 Å². The van der Waals surface area contributed by atoms with Crippen LogP contribution < -0.4 is 24.3 Å². The summed E-state index contributed by atoms with van der Waals surface area (Å²) in [6, 6.07) is 19.0. The Kier molecular flexibility index (Phi) is 10.5. The van der Waals surface area contributed by atoms with E-state index in [0.717, 1.165) is 61.3 Å². The topological polar surface area (TPSA) is 83.8 Å². The Balaban J connectivity index is 1.25. The Morgan fingerprint density at radius 3 is 2.33 bits per heavy atom. The minimum atomic E-state index is -0.179. The number of halogens is 1. The number of methoxy groups -OCH3 is 3. The summed E-state index contributed by atoms with van der Waals surface area (Å²) in [5.74, 6) is 3.08. The number of fused-ring (bicyclic) bond motifs is 1. The molecule has 8 nitrogen and oxygen atoms in total. The highest BCUT2D eigenvalue weighted by atomic mass is 35.5. The fourth-order valence-corrected chi connectivity index (χ4v) is 4.74. The fourth-order valence-electron chi connectivity index (χ4n) is 4.61. The molecule has 1 heterocycles. The molecule has 0 saturated heterocycles. The molecule has 0 atom stereocenters. The zero-order valence-corrected chi connectivity index (χ0v) is 24.0. The lowest BCUT2D eigenvalue weighted by Gasteiger charge is -2.14. The summed E-state index contributed by atoms with van der Waals surface area (Å²) in [6.07, 6.45) is 4.55. The van der Waals surface area contributed by atoms with E-state index >= 15 is 0 Å². The molecule has 9 heteroatoms. The van der Waals surface area contributed by atoms with E-state index in [4.69, 9.17) is 35.5 Å². The van der Waals surface area contributed by atoms with Crippen LogP contribution in [0.2, 0.25) is 5.02 Å². The lowest BCUT2D eigenvalue weighted by Crippen LogP contribution is -2.24. The molecule has 4 rings (SSSR count). The molecule has 40 heavy (non-hydrogen) atoms. The molecule has 0 aliphatic carbocycles. The molecule has 0 aliphatic rings. The standard InChI is InChI=1S/C31H36ClN3O5/c1-37-27-20-22(21-28(38-2)30(27)39-3)31(36)33-17-8-4-5-12-29-34-25-10-6-7-11-26(25)35(29)18-9-19-40-24-15-13-23(32)14-16-24/h6-7,10-11,13-16,20-21H,4-5,8-9,12,17-19H2,1-3H3,(H,33,36). The second kappa shape index (κ2) is 14.5. The fraction of sp³-hybridized carbons (Fsp3) is 0.355. The number of aryl methyl sites for hydroxylation is 2. The third-order valence-electron chi connectivity index (χ3n) is 6.63. The average Bonchev–Trinajstić information content (AvgIpc) is 3.34. The zero-order chi connectivity index (χ0) is 28.3. The number of aromatic nitrogens is 2. The van der Waals surface area contributed by atoms with Crippen molar-refractivity contribution >= 4 is 28.5 Å². The second-order valence-corrected chi connectivity index (χ2v) is 9.74. The number of nitrogens with zero attached hydrogens (tertiary/aromatic N) is 2. The van der Waals surface area contributed by atoms with Gasteiger partial charge in [-0.2, -0.15) is 0 Å². The molecule has 1 aromatic heterocycles. The molecule has 3 aromatic carbocycles. The summed E-state index contributed by atoms with van der Waals surface area (Å²) in [7, 11) is 4.59. The SMILES string of the molecule is COc1cc(C(=O)NCCCCCc2nc3ccccc3n2CCCOc2ccc(Cl)cc2)cc(OC)c1OC. The minimum Gasteiger partial charge on any atom is -0.494 e. The molecule has 0 unspecified atom stereocenters. The number of amides is 1. The van der Waals surface area contributed by atoms with Gasteiger partial charge in [0.2, 0.25) is 5.75 Å². The highest BCUT2D eigenvalue weighted by molar-refractivity contribution is 6.30. The molecule has 212 valence electrons. The third kappa shape index (κ3) is 7.39. The Labute approximate surface area is 240 Å². The molecular formula is C31H36ClN3O5. The first kappa shape index (κ1) is 29.1. The van der Waals surface area contributed by atoms with Crippen LogP contribution in [0.5, 0.6) is 23.0 Å². The minimum absolute atomic E-state index is 0.179. The van der Waals surface area contributed by atoms with Crippen LogP contribution >= 0.6 is 11.6 Å². The highest BCUT2D eigenvalue weighted by Gasteiger charge is 2.17. The van der Waals surface area contributed by atoms with Gasteiger partial charge in [-0.25, -0.2) is 4.98 Å². The lowest BCUT2D eigenvalue weighted by atomic mass is 10.1. The largest absolute Gasteiger partial charge is 0.494 e. The first-order valence-electron chi connectivity index (χ1n) is 13.4. The van der Waals surface area contributed by atoms with E-state index in [2.05, 4.69) is 22.0 Å². The molecular weight excluding hydrogens is 530 g/mol. The highest BCUT2D eigenvalue weighted by Crippen LogP contribution is 2.38. The number of carbonyl (C=O) groups excluding carboxylic acids is 1. The summed E-state index contributed by atoms with van der Waals surface area (Å²) >= 11 is 5.96. The number of hydrogen-bond acceptors (Lipinski definition) is 6. The van der Waals surface area contributed by atoms with E-state index in [9.17, 15) is 4.79 Å². The van der Waals surface area contributed by atoms with Crippen molar-refractivity contribution in [3.05, 3.63) is 77.1 Å². The van der Waals surface area contributed by atoms with Gasteiger partial charge in [-0.3, -0.25) is 4.79 Å². The van der Waals surface area contributed by atoms with E-state index in [1.165, 1.54) is 21.3 Å². The van der Waals surface area contributed by atoms with E-state index in [0.29, 0.717) is 41.0 Å². The normalized spacial score (nSPS) is 10.9. The Morgan fingerprint density at radius 1 is 0.900 bits per heavy atom. The third-order valence-corrected chi connectivity index (χ3v) is 6.88. The first-order chi connectivity index (χ1) is 19.5. The molecule has 0 saturated carbocycles. The smallest absolute Gasteiger partial charge is 0.251 e. The van der Waals surface area contributed by atoms with Crippen molar-refractivity contribution in [1.82, 2.24) is 14.9 Å². The Morgan fingerprint density at radius 2 is 1.62 bits per heavy atom. The molecule has 1 N–H and O–H groups in total. The first-order valence-corrected chi connectivity index (χ1v) is 13.8. The van der Waals surface area contributed by atoms with Crippen molar-refractivity contribution in [1.29, 1.82) is 0 Å². The molecule has 0 bridgehead atoms. The van der Waals surface area contributed by atoms with Gasteiger partial charge in [-0.05, 0) is 67.8 Å². The summed E-state index contributed by atoms with van der Waals surface area (Å²) in [6.45, 7) is 2.02. The van der Waals surface area contributed by atoms with Gasteiger partial charge in [0, 0.05) is 30.1 Å². The number of carbonyl (C=O) groups is 1. The van der Waals surface area contributed by atoms with Crippen LogP contribution in [0.4, 0.5) is 0 Å². The molecule has 0 radical (unpaired) electrons. The maximum Gasteiger partial charge on any atom is 0.251 e. The van der Waals surface area contributed by atoms with Crippen molar-refractivity contribution in [3.63, 3.8) is 0 Å². The maximum atomic E-state index is 12.7. The Hall–Kier alpha value is -3.91. The second-order valence-electron chi connectivity index (χ2n) is 9.30. The van der Waals surface area contributed by atoms with Crippen LogP contribution in [0.15, 0.2) is 60.7 Å². The summed E-state index contributed by atoms with van der Waals surface area (Å²) in [5, 5.41) is 3.69. The maximum absolute atomic E-state index is 12.7. The van der Waals surface area contributed by atoms with Gasteiger partial charge in [-0.15, -0.1) is 0 Å². The summed E-state index contributed by atoms with van der Waals surface area (Å²) in [4.78, 5) is 17.6. The summed E-state index contributed by atoms with van der Waals surface area (Å²) in [5.41, 5.74) is 2.61. The number of hydrogen-bond donors (Lipinski definition) is 1. The van der Waals surface area contributed by atoms with Crippen molar-refractivity contribution in [2.75, 3.05) is 34.5 Å². The van der Waals surface area contributed by atoms with Crippen LogP contribution in [-0.4, -0.2) is 49.9 Å². The number of ether oxygens (including phenoxy) is 4. The van der Waals surface area contributed by atoms with E-state index < -0.39 is 0 Å². The van der Waals surface area contributed by atoms with Gasteiger partial charge in [0.25, 0.3) is 5.91 Å². The van der Waals surface area contributed by atoms with Gasteiger partial charge in [-0.1, -0.05) is 30.2 Å². The van der Waals surface area contributed by atoms with Crippen molar-refractivity contribution < 1.29 is 23.7 Å². The van der Waals surface area contributed by atoms with Crippen LogP contribution in [-0.2, 0) is 13.0 Å². The molecule has 1 amide bonds. The average molecular weight is 566 g/mol. The van der Waals surface area contributed by atoms with E-state index in [1.54, 1.807) is 12.1 Å². The van der Waals surface area contributed by atoms with Crippen LogP contribution in [0, 0.1) is 0 Å². The number of para-hydroxylation sites is 2. The van der Waals surface area contributed by atoms with Crippen molar-refractivity contribution in [2.45, 2.75) is 38.6 Å². The number of imidazole rings is 1. The van der Waals surface area contributed by atoms with E-state index in [-0.39, 0.29) is 5.91 Å². The van der Waals surface area contributed by atoms with Gasteiger partial charge in [0.05, 0.1) is 39.0 Å². The van der Waals surface area contributed by atoms with Gasteiger partial charge < -0.3 is 28.8 Å². The van der Waals surface area contributed by atoms with Crippen molar-refractivity contribution in [2.24, 2.45) is 0 Å². The molecule has 0 fully saturated rings. The number of unbranched alkanes of at least 4 members (excludes halogenated alkanes) is 2. The number of rotatable bonds is 15. The molecule has 4 aromatic rings. The van der Waals surface area contributed by atoms with Crippen LogP contribution in [0.3, 0.4) is 0 Å². The monoisotopic (exact) mass is 565 g/mol. The lowest BCUT2D eigenvalue weighted by molar-refractivity contribution is 0.0952. The Bertz CT molecular complexity index is 1380. The quantitative estimate of drug-likeness (QED) is 0.170. The number of nitrogens with one attached hydrogen (secondary N) is 1. The van der Waals surface area contributed by atoms with Gasteiger partial charge >= 0.3 is 0 Å².